The van der Waals surface area contributed by atoms with E-state index in [1.165, 1.54) is 14.2 Å². The zero-order chi connectivity index (χ0) is 13.1. The zero-order valence-electron chi connectivity index (χ0n) is 9.93. The maximum atomic E-state index is 11.3. The molecule has 0 fully saturated rings. The van der Waals surface area contributed by atoms with Crippen LogP contribution in [0.25, 0.3) is 11.5 Å². The van der Waals surface area contributed by atoms with Crippen molar-refractivity contribution >= 4 is 11.6 Å². The highest BCUT2D eigenvalue weighted by Crippen LogP contribution is 2.30. The Bertz CT molecular complexity index is 579. The van der Waals surface area contributed by atoms with E-state index in [0.717, 1.165) is 0 Å². The standard InChI is InChI=1S/C11H12N4O3/c1-13-10(16)9-14-11(18-15-9)7-4-3-6(12)5-8(7)17-2/h3-5H,12H2,1-2H3,(H,13,16). The number of nitrogen functional groups attached to an aromatic ring is 1. The van der Waals surface area contributed by atoms with Gasteiger partial charge in [-0.1, -0.05) is 5.16 Å². The molecule has 1 aromatic heterocycles. The van der Waals surface area contributed by atoms with Crippen LogP contribution in [0.4, 0.5) is 5.69 Å². The predicted octanol–water partition coefficient (Wildman–Crippen LogP) is 0.687. The van der Waals surface area contributed by atoms with Gasteiger partial charge in [0.05, 0.1) is 12.7 Å². The van der Waals surface area contributed by atoms with Gasteiger partial charge in [-0.25, -0.2) is 0 Å². The van der Waals surface area contributed by atoms with Gasteiger partial charge in [0.2, 0.25) is 0 Å². The number of anilines is 1. The third-order valence-corrected chi connectivity index (χ3v) is 2.31. The molecule has 94 valence electrons. The second-order valence-electron chi connectivity index (χ2n) is 3.46. The Morgan fingerprint density at radius 3 is 2.94 bits per heavy atom. The predicted molar refractivity (Wildman–Crippen MR) is 64.1 cm³/mol. The summed E-state index contributed by atoms with van der Waals surface area (Å²) in [5.41, 5.74) is 6.78. The van der Waals surface area contributed by atoms with E-state index >= 15 is 0 Å². The molecule has 0 atom stereocenters. The van der Waals surface area contributed by atoms with Crippen LogP contribution in [-0.2, 0) is 0 Å². The summed E-state index contributed by atoms with van der Waals surface area (Å²) in [7, 11) is 3.00. The summed E-state index contributed by atoms with van der Waals surface area (Å²) in [5, 5.41) is 5.98. The largest absolute Gasteiger partial charge is 0.496 e. The quantitative estimate of drug-likeness (QED) is 0.774. The molecule has 0 radical (unpaired) electrons. The molecule has 7 nitrogen and oxygen atoms in total. The van der Waals surface area contributed by atoms with E-state index in [-0.39, 0.29) is 11.7 Å². The van der Waals surface area contributed by atoms with Crippen molar-refractivity contribution in [3.63, 3.8) is 0 Å². The average Bonchev–Trinajstić information content (AvgIpc) is 2.87. The molecule has 2 aromatic rings. The van der Waals surface area contributed by atoms with Crippen molar-refractivity contribution < 1.29 is 14.1 Å². The van der Waals surface area contributed by atoms with Crippen molar-refractivity contribution in [2.75, 3.05) is 19.9 Å². The summed E-state index contributed by atoms with van der Waals surface area (Å²) in [5.74, 6) is 0.248. The van der Waals surface area contributed by atoms with E-state index in [1.807, 2.05) is 0 Å². The van der Waals surface area contributed by atoms with E-state index in [9.17, 15) is 4.79 Å². The molecule has 0 unspecified atom stereocenters. The third kappa shape index (κ3) is 2.10. The van der Waals surface area contributed by atoms with Crippen LogP contribution in [0.1, 0.15) is 10.6 Å². The fourth-order valence-electron chi connectivity index (χ4n) is 1.42. The number of hydrogen-bond donors (Lipinski definition) is 2. The molecule has 0 saturated heterocycles. The van der Waals surface area contributed by atoms with Crippen LogP contribution in [0.15, 0.2) is 22.7 Å². The number of aromatic nitrogens is 2. The van der Waals surface area contributed by atoms with Gasteiger partial charge in [0, 0.05) is 18.8 Å². The van der Waals surface area contributed by atoms with Gasteiger partial charge >= 0.3 is 0 Å². The maximum Gasteiger partial charge on any atom is 0.292 e. The van der Waals surface area contributed by atoms with Crippen LogP contribution >= 0.6 is 0 Å². The Kier molecular flexibility index (Phi) is 3.13. The number of amides is 1. The topological polar surface area (TPSA) is 103 Å². The summed E-state index contributed by atoms with van der Waals surface area (Å²) in [6, 6.07) is 5.01. The van der Waals surface area contributed by atoms with Crippen LogP contribution in [0, 0.1) is 0 Å². The Balaban J connectivity index is 2.42. The number of nitrogens with zero attached hydrogens (tertiary/aromatic N) is 2. The molecule has 1 heterocycles. The summed E-state index contributed by atoms with van der Waals surface area (Å²) in [6.45, 7) is 0. The molecule has 0 saturated carbocycles. The molecule has 0 aliphatic rings. The number of carbonyl (C=O) groups is 1. The molecule has 7 heteroatoms. The third-order valence-electron chi connectivity index (χ3n) is 2.31. The molecule has 3 N–H and O–H groups in total. The Hall–Kier alpha value is -2.57. The molecular weight excluding hydrogens is 236 g/mol. The number of rotatable bonds is 3. The van der Waals surface area contributed by atoms with E-state index in [0.29, 0.717) is 17.0 Å². The van der Waals surface area contributed by atoms with Crippen molar-refractivity contribution in [2.24, 2.45) is 0 Å². The number of ether oxygens (including phenoxy) is 1. The normalized spacial score (nSPS) is 10.1. The van der Waals surface area contributed by atoms with Gasteiger partial charge < -0.3 is 20.3 Å². The lowest BCUT2D eigenvalue weighted by atomic mass is 10.2. The van der Waals surface area contributed by atoms with Gasteiger partial charge in [-0.05, 0) is 12.1 Å². The number of nitrogens with one attached hydrogen (secondary N) is 1. The lowest BCUT2D eigenvalue weighted by Gasteiger charge is -2.05. The molecule has 1 aromatic carbocycles. The molecule has 2 rings (SSSR count). The zero-order valence-corrected chi connectivity index (χ0v) is 9.93. The fraction of sp³-hybridized carbons (Fsp3) is 0.182. The SMILES string of the molecule is CNC(=O)c1noc(-c2ccc(N)cc2OC)n1. The molecule has 0 bridgehead atoms. The lowest BCUT2D eigenvalue weighted by Crippen LogP contribution is -2.19. The van der Waals surface area contributed by atoms with Crippen LogP contribution < -0.4 is 15.8 Å². The van der Waals surface area contributed by atoms with Crippen LogP contribution in [-0.4, -0.2) is 30.2 Å². The average molecular weight is 248 g/mol. The molecular formula is C11H12N4O3. The van der Waals surface area contributed by atoms with E-state index < -0.39 is 5.91 Å². The lowest BCUT2D eigenvalue weighted by molar-refractivity contribution is 0.0950. The first-order valence-corrected chi connectivity index (χ1v) is 5.15. The molecule has 18 heavy (non-hydrogen) atoms. The number of hydrogen-bond acceptors (Lipinski definition) is 6. The van der Waals surface area contributed by atoms with Gasteiger partial charge in [0.1, 0.15) is 5.75 Å². The molecule has 0 aliphatic carbocycles. The Morgan fingerprint density at radius 2 is 2.28 bits per heavy atom. The summed E-state index contributed by atoms with van der Waals surface area (Å²) in [4.78, 5) is 15.3. The minimum Gasteiger partial charge on any atom is -0.496 e. The first-order valence-electron chi connectivity index (χ1n) is 5.15. The van der Waals surface area contributed by atoms with E-state index in [4.69, 9.17) is 15.0 Å². The van der Waals surface area contributed by atoms with Gasteiger partial charge in [-0.15, -0.1) is 0 Å². The van der Waals surface area contributed by atoms with E-state index in [1.54, 1.807) is 18.2 Å². The Morgan fingerprint density at radius 1 is 1.50 bits per heavy atom. The minimum absolute atomic E-state index is 0.0358. The van der Waals surface area contributed by atoms with Crippen LogP contribution in [0.2, 0.25) is 0 Å². The number of methoxy groups -OCH3 is 1. The highest BCUT2D eigenvalue weighted by atomic mass is 16.5. The summed E-state index contributed by atoms with van der Waals surface area (Å²) >= 11 is 0. The van der Waals surface area contributed by atoms with Crippen molar-refractivity contribution in [1.82, 2.24) is 15.5 Å². The first kappa shape index (κ1) is 11.9. The second kappa shape index (κ2) is 4.74. The van der Waals surface area contributed by atoms with Crippen LogP contribution in [0.3, 0.4) is 0 Å². The Labute approximate surface area is 103 Å². The second-order valence-corrected chi connectivity index (χ2v) is 3.46. The highest BCUT2D eigenvalue weighted by Gasteiger charge is 2.17. The van der Waals surface area contributed by atoms with Gasteiger partial charge in [0.15, 0.2) is 0 Å². The first-order chi connectivity index (χ1) is 8.65. The van der Waals surface area contributed by atoms with Crippen molar-refractivity contribution in [3.8, 4) is 17.2 Å². The summed E-state index contributed by atoms with van der Waals surface area (Å²) < 4.78 is 10.2. The molecule has 0 spiro atoms. The number of benzene rings is 1. The molecule has 1 amide bonds. The van der Waals surface area contributed by atoms with Gasteiger partial charge in [0.25, 0.3) is 17.6 Å². The van der Waals surface area contributed by atoms with Crippen LogP contribution in [0.5, 0.6) is 5.75 Å². The minimum atomic E-state index is -0.417. The fourth-order valence-corrected chi connectivity index (χ4v) is 1.42. The molecule has 0 aliphatic heterocycles. The van der Waals surface area contributed by atoms with Crippen molar-refractivity contribution in [1.29, 1.82) is 0 Å². The smallest absolute Gasteiger partial charge is 0.292 e. The summed E-state index contributed by atoms with van der Waals surface area (Å²) in [6.07, 6.45) is 0. The van der Waals surface area contributed by atoms with Crippen molar-refractivity contribution in [2.45, 2.75) is 0 Å². The van der Waals surface area contributed by atoms with Gasteiger partial charge in [-0.2, -0.15) is 4.98 Å². The maximum absolute atomic E-state index is 11.3. The van der Waals surface area contributed by atoms with E-state index in [2.05, 4.69) is 15.5 Å². The van der Waals surface area contributed by atoms with Gasteiger partial charge in [-0.3, -0.25) is 4.79 Å². The number of nitrogens with two attached hydrogens (primary N) is 1. The van der Waals surface area contributed by atoms with Crippen molar-refractivity contribution in [3.05, 3.63) is 24.0 Å². The monoisotopic (exact) mass is 248 g/mol. The number of carbonyl (C=O) groups excluding carboxylic acids is 1. The highest BCUT2D eigenvalue weighted by molar-refractivity contribution is 5.90.